The first-order chi connectivity index (χ1) is 9.43. The van der Waals surface area contributed by atoms with E-state index in [4.69, 9.17) is 5.11 Å². The molecular weight excluding hydrogens is 264 g/mol. The van der Waals surface area contributed by atoms with E-state index in [2.05, 4.69) is 19.1 Å². The maximum atomic E-state index is 10.2. The van der Waals surface area contributed by atoms with Gasteiger partial charge in [-0.15, -0.1) is 0 Å². The predicted octanol–water partition coefficient (Wildman–Crippen LogP) is 3.20. The average molecular weight is 276 g/mol. The summed E-state index contributed by atoms with van der Waals surface area (Å²) in [7, 11) is 0. The van der Waals surface area contributed by atoms with Crippen LogP contribution < -0.4 is 0 Å². The lowest BCUT2D eigenvalue weighted by atomic mass is 10.2. The first-order valence-electron chi connectivity index (χ1n) is 5.56. The van der Waals surface area contributed by atoms with Crippen LogP contribution in [0.5, 0.6) is 5.75 Å². The maximum absolute atomic E-state index is 10.2. The molecule has 1 N–H and O–H groups in total. The molecule has 7 heteroatoms. The number of aromatic hydroxyl groups is 1. The molecule has 20 heavy (non-hydrogen) atoms. The second-order valence-corrected chi connectivity index (χ2v) is 3.81. The van der Waals surface area contributed by atoms with E-state index >= 15 is 0 Å². The Kier molecular flexibility index (Phi) is 5.16. The normalized spacial score (nSPS) is 9.25. The summed E-state index contributed by atoms with van der Waals surface area (Å²) >= 11 is 0. The Morgan fingerprint density at radius 1 is 0.850 bits per heavy atom. The third-order valence-electron chi connectivity index (χ3n) is 2.33. The molecule has 0 bridgehead atoms. The fourth-order valence-corrected chi connectivity index (χ4v) is 1.35. The van der Waals surface area contributed by atoms with E-state index in [9.17, 15) is 20.2 Å². The molecule has 2 aromatic carbocycles. The van der Waals surface area contributed by atoms with Gasteiger partial charge in [-0.1, -0.05) is 35.9 Å². The van der Waals surface area contributed by atoms with Gasteiger partial charge in [0, 0.05) is 12.1 Å². The summed E-state index contributed by atoms with van der Waals surface area (Å²) in [6, 6.07) is 13.4. The van der Waals surface area contributed by atoms with Crippen molar-refractivity contribution in [2.75, 3.05) is 0 Å². The summed E-state index contributed by atoms with van der Waals surface area (Å²) in [6.45, 7) is 2.08. The number of rotatable bonds is 2. The molecule has 2 rings (SSSR count). The van der Waals surface area contributed by atoms with Crippen molar-refractivity contribution in [1.29, 1.82) is 0 Å². The van der Waals surface area contributed by atoms with Crippen molar-refractivity contribution in [1.82, 2.24) is 0 Å². The van der Waals surface area contributed by atoms with E-state index in [1.165, 1.54) is 5.56 Å². The largest absolute Gasteiger partial charge is 0.497 e. The van der Waals surface area contributed by atoms with E-state index in [0.717, 1.165) is 18.2 Å². The van der Waals surface area contributed by atoms with Gasteiger partial charge >= 0.3 is 11.4 Å². The van der Waals surface area contributed by atoms with Gasteiger partial charge in [0.05, 0.1) is 9.85 Å². The Balaban J connectivity index is 0.000000240. The minimum atomic E-state index is -0.919. The number of benzene rings is 2. The van der Waals surface area contributed by atoms with Crippen molar-refractivity contribution < 1.29 is 15.0 Å². The highest BCUT2D eigenvalue weighted by Gasteiger charge is 2.23. The standard InChI is InChI=1S/C7H8.C6H4N2O5/c1-7-5-3-2-4-6-7;9-6-4(7(10)11)2-1-3-5(6)8(12)13/h2-6H,1H3;1-3,9H. The molecule has 7 nitrogen and oxygen atoms in total. The number of aryl methyl sites for hydroxylation is 1. The molecule has 0 radical (unpaired) electrons. The Hall–Kier alpha value is -2.96. The number of hydrogen-bond donors (Lipinski definition) is 1. The second kappa shape index (κ2) is 6.83. The van der Waals surface area contributed by atoms with Crippen LogP contribution in [-0.2, 0) is 0 Å². The second-order valence-electron chi connectivity index (χ2n) is 3.81. The van der Waals surface area contributed by atoms with Crippen molar-refractivity contribution in [3.8, 4) is 5.75 Å². The van der Waals surface area contributed by atoms with Gasteiger partial charge in [-0.05, 0) is 13.0 Å². The summed E-state index contributed by atoms with van der Waals surface area (Å²) in [5.41, 5.74) is -0.0223. The zero-order valence-electron chi connectivity index (χ0n) is 10.6. The third kappa shape index (κ3) is 4.05. The lowest BCUT2D eigenvalue weighted by Crippen LogP contribution is -1.93. The van der Waals surface area contributed by atoms with E-state index < -0.39 is 27.0 Å². The molecule has 0 saturated carbocycles. The lowest BCUT2D eigenvalue weighted by molar-refractivity contribution is -0.396. The summed E-state index contributed by atoms with van der Waals surface area (Å²) in [6.07, 6.45) is 0. The van der Waals surface area contributed by atoms with Crippen molar-refractivity contribution in [3.05, 3.63) is 74.3 Å². The Bertz CT molecular complexity index is 581. The number of nitro groups is 2. The molecule has 0 atom stereocenters. The molecule has 0 spiro atoms. The molecule has 0 aliphatic carbocycles. The molecule has 104 valence electrons. The van der Waals surface area contributed by atoms with Crippen LogP contribution >= 0.6 is 0 Å². The van der Waals surface area contributed by atoms with E-state index in [-0.39, 0.29) is 0 Å². The smallest absolute Gasteiger partial charge is 0.318 e. The molecule has 2 aromatic rings. The Morgan fingerprint density at radius 2 is 1.30 bits per heavy atom. The van der Waals surface area contributed by atoms with Gasteiger partial charge in [0.2, 0.25) is 0 Å². The number of nitrogens with zero attached hydrogens (tertiary/aromatic N) is 2. The van der Waals surface area contributed by atoms with E-state index in [0.29, 0.717) is 0 Å². The number of phenols is 1. The van der Waals surface area contributed by atoms with Gasteiger partial charge in [-0.3, -0.25) is 20.2 Å². The maximum Gasteiger partial charge on any atom is 0.318 e. The Morgan fingerprint density at radius 3 is 1.60 bits per heavy atom. The van der Waals surface area contributed by atoms with Crippen LogP contribution in [0.4, 0.5) is 11.4 Å². The van der Waals surface area contributed by atoms with Crippen molar-refractivity contribution in [3.63, 3.8) is 0 Å². The first-order valence-corrected chi connectivity index (χ1v) is 5.56. The topological polar surface area (TPSA) is 107 Å². The molecule has 0 aliphatic heterocycles. The Labute approximate surface area is 114 Å². The van der Waals surface area contributed by atoms with Crippen LogP contribution in [0.2, 0.25) is 0 Å². The zero-order chi connectivity index (χ0) is 15.1. The number of phenolic OH excluding ortho intramolecular Hbond substituents is 1. The quantitative estimate of drug-likeness (QED) is 0.669. The summed E-state index contributed by atoms with van der Waals surface area (Å²) in [4.78, 5) is 18.7. The lowest BCUT2D eigenvalue weighted by Gasteiger charge is -1.95. The third-order valence-corrected chi connectivity index (χ3v) is 2.33. The van der Waals surface area contributed by atoms with Gasteiger partial charge < -0.3 is 5.11 Å². The highest BCUT2D eigenvalue weighted by atomic mass is 16.6. The van der Waals surface area contributed by atoms with Crippen molar-refractivity contribution in [2.24, 2.45) is 0 Å². The van der Waals surface area contributed by atoms with Gasteiger partial charge in [-0.25, -0.2) is 0 Å². The van der Waals surface area contributed by atoms with Gasteiger partial charge in [0.25, 0.3) is 5.75 Å². The summed E-state index contributed by atoms with van der Waals surface area (Å²) in [5, 5.41) is 29.5. The summed E-state index contributed by atoms with van der Waals surface area (Å²) in [5.74, 6) is -0.919. The minimum absolute atomic E-state index is 0.672. The van der Waals surface area contributed by atoms with Gasteiger partial charge in [0.15, 0.2) is 0 Å². The molecule has 0 aliphatic rings. The van der Waals surface area contributed by atoms with Crippen molar-refractivity contribution in [2.45, 2.75) is 6.92 Å². The van der Waals surface area contributed by atoms with Crippen LogP contribution in [0.3, 0.4) is 0 Å². The summed E-state index contributed by atoms with van der Waals surface area (Å²) < 4.78 is 0. The average Bonchev–Trinajstić information content (AvgIpc) is 2.40. The molecule has 0 unspecified atom stereocenters. The SMILES string of the molecule is Cc1ccccc1.O=[N+]([O-])c1cccc([N+](=O)[O-])c1O. The van der Waals surface area contributed by atoms with Crippen LogP contribution in [0.15, 0.2) is 48.5 Å². The number of para-hydroxylation sites is 1. The number of nitro benzene ring substituents is 2. The van der Waals surface area contributed by atoms with E-state index in [1.54, 1.807) is 0 Å². The van der Waals surface area contributed by atoms with Crippen LogP contribution in [0.1, 0.15) is 5.56 Å². The van der Waals surface area contributed by atoms with Crippen molar-refractivity contribution >= 4 is 11.4 Å². The monoisotopic (exact) mass is 276 g/mol. The molecule has 0 fully saturated rings. The first kappa shape index (κ1) is 15.1. The fraction of sp³-hybridized carbons (Fsp3) is 0.0769. The highest BCUT2D eigenvalue weighted by Crippen LogP contribution is 2.34. The minimum Gasteiger partial charge on any atom is -0.497 e. The molecule has 0 amide bonds. The predicted molar refractivity (Wildman–Crippen MR) is 72.6 cm³/mol. The van der Waals surface area contributed by atoms with Gasteiger partial charge in [0.1, 0.15) is 0 Å². The molecule has 0 heterocycles. The van der Waals surface area contributed by atoms with E-state index in [1.807, 2.05) is 18.2 Å². The zero-order valence-corrected chi connectivity index (χ0v) is 10.6. The molecule has 0 aromatic heterocycles. The van der Waals surface area contributed by atoms with Crippen LogP contribution in [0, 0.1) is 27.2 Å². The highest BCUT2D eigenvalue weighted by molar-refractivity contribution is 5.58. The fourth-order valence-electron chi connectivity index (χ4n) is 1.35. The van der Waals surface area contributed by atoms with Crippen LogP contribution in [0.25, 0.3) is 0 Å². The van der Waals surface area contributed by atoms with Gasteiger partial charge in [-0.2, -0.15) is 0 Å². The number of hydrogen-bond acceptors (Lipinski definition) is 5. The molecular formula is C13H12N2O5. The molecule has 0 saturated heterocycles. The van der Waals surface area contributed by atoms with Crippen LogP contribution in [-0.4, -0.2) is 15.0 Å².